The van der Waals surface area contributed by atoms with E-state index in [2.05, 4.69) is 34.0 Å². The minimum absolute atomic E-state index is 0.184. The van der Waals surface area contributed by atoms with Crippen molar-refractivity contribution in [2.45, 2.75) is 34.0 Å². The van der Waals surface area contributed by atoms with Crippen LogP contribution >= 0.6 is 22.6 Å². The van der Waals surface area contributed by atoms with Crippen LogP contribution in [0.4, 0.5) is 10.5 Å². The predicted molar refractivity (Wildman–Crippen MR) is 177 cm³/mol. The lowest BCUT2D eigenvalue weighted by Crippen LogP contribution is -2.54. The molecule has 1 heterocycles. The number of aryl methyl sites for hydroxylation is 2. The molecule has 0 saturated carbocycles. The monoisotopic (exact) mass is 702 g/mol. The highest BCUT2D eigenvalue weighted by molar-refractivity contribution is 14.1. The number of imide groups is 2. The number of ether oxygens (including phenoxy) is 3. The molecule has 0 aliphatic carbocycles. The SMILES string of the molecule is CCOc1cc(/C=C2\C(=O)NC(=O)N(c3ccc(OCc4ccc(C)cc4)cc3)C2=O)cc(I)c1OCc1cccc(C)c1. The molecule has 5 rings (SSSR count). The highest BCUT2D eigenvalue weighted by Gasteiger charge is 2.37. The number of carbonyl (C=O) groups excluding carboxylic acids is 3. The van der Waals surface area contributed by atoms with Gasteiger partial charge in [-0.1, -0.05) is 59.7 Å². The van der Waals surface area contributed by atoms with E-state index in [1.165, 1.54) is 11.6 Å². The minimum atomic E-state index is -0.824. The van der Waals surface area contributed by atoms with E-state index < -0.39 is 17.8 Å². The van der Waals surface area contributed by atoms with E-state index in [1.807, 2.05) is 63.2 Å². The number of anilines is 1. The van der Waals surface area contributed by atoms with E-state index in [-0.39, 0.29) is 5.57 Å². The fourth-order valence-corrected chi connectivity index (χ4v) is 5.41. The van der Waals surface area contributed by atoms with Crippen molar-refractivity contribution >= 4 is 52.2 Å². The Labute approximate surface area is 269 Å². The quantitative estimate of drug-likeness (QED) is 0.107. The second-order valence-electron chi connectivity index (χ2n) is 10.3. The van der Waals surface area contributed by atoms with E-state index in [4.69, 9.17) is 14.2 Å². The van der Waals surface area contributed by atoms with Gasteiger partial charge in [0.1, 0.15) is 24.5 Å². The van der Waals surface area contributed by atoms with Crippen molar-refractivity contribution in [1.82, 2.24) is 5.32 Å². The van der Waals surface area contributed by atoms with Crippen molar-refractivity contribution < 1.29 is 28.6 Å². The summed E-state index contributed by atoms with van der Waals surface area (Å²) in [6, 6.07) is 25.3. The summed E-state index contributed by atoms with van der Waals surface area (Å²) in [6.45, 7) is 7.03. The van der Waals surface area contributed by atoms with E-state index in [9.17, 15) is 14.4 Å². The summed E-state index contributed by atoms with van der Waals surface area (Å²) in [7, 11) is 0. The summed E-state index contributed by atoms with van der Waals surface area (Å²) in [6.07, 6.45) is 1.45. The number of hydrogen-bond donors (Lipinski definition) is 1. The first-order valence-corrected chi connectivity index (χ1v) is 15.1. The Morgan fingerprint density at radius 3 is 2.23 bits per heavy atom. The van der Waals surface area contributed by atoms with Crippen LogP contribution < -0.4 is 24.4 Å². The number of urea groups is 1. The predicted octanol–water partition coefficient (Wildman–Crippen LogP) is 7.13. The Kier molecular flexibility index (Phi) is 9.64. The lowest BCUT2D eigenvalue weighted by molar-refractivity contribution is -0.122. The van der Waals surface area contributed by atoms with Gasteiger partial charge in [0.15, 0.2) is 11.5 Å². The van der Waals surface area contributed by atoms with Crippen LogP contribution in [0.15, 0.2) is 90.5 Å². The summed E-state index contributed by atoms with van der Waals surface area (Å²) >= 11 is 2.14. The molecule has 1 fully saturated rings. The van der Waals surface area contributed by atoms with Gasteiger partial charge in [-0.05, 0) is 103 Å². The number of barbiturate groups is 1. The van der Waals surface area contributed by atoms with E-state index in [1.54, 1.807) is 36.4 Å². The van der Waals surface area contributed by atoms with Gasteiger partial charge in [-0.3, -0.25) is 14.9 Å². The molecule has 1 saturated heterocycles. The number of halogens is 1. The summed E-state index contributed by atoms with van der Waals surface area (Å²) < 4.78 is 18.6. The first kappa shape index (κ1) is 30.8. The van der Waals surface area contributed by atoms with Crippen molar-refractivity contribution in [3.63, 3.8) is 0 Å². The minimum Gasteiger partial charge on any atom is -0.490 e. The first-order chi connectivity index (χ1) is 21.2. The Hall–Kier alpha value is -4.64. The van der Waals surface area contributed by atoms with Gasteiger partial charge in [0.05, 0.1) is 15.9 Å². The molecule has 1 aliphatic rings. The number of nitrogens with one attached hydrogen (secondary N) is 1. The standard InChI is InChI=1S/C35H31IN2O6/c1-4-42-31-19-26(18-30(36)32(31)44-21-25-7-5-6-23(3)16-25)17-29-33(39)37-35(41)38(34(29)40)27-12-14-28(15-13-27)43-20-24-10-8-22(2)9-11-24/h5-19H,4,20-21H2,1-3H3,(H,37,39,41)/b29-17+. The molecule has 0 bridgehead atoms. The zero-order chi connectivity index (χ0) is 31.2. The number of nitrogens with zero attached hydrogens (tertiary/aromatic N) is 1. The van der Waals surface area contributed by atoms with Crippen molar-refractivity contribution in [3.05, 3.63) is 122 Å². The molecule has 0 atom stereocenters. The molecule has 9 heteroatoms. The molecular formula is C35H31IN2O6. The van der Waals surface area contributed by atoms with Gasteiger partial charge in [-0.25, -0.2) is 9.69 Å². The maximum atomic E-state index is 13.5. The molecule has 44 heavy (non-hydrogen) atoms. The Morgan fingerprint density at radius 2 is 1.52 bits per heavy atom. The normalized spacial score (nSPS) is 14.0. The third kappa shape index (κ3) is 7.28. The Balaban J connectivity index is 1.35. The number of rotatable bonds is 10. The third-order valence-corrected chi connectivity index (χ3v) is 7.63. The lowest BCUT2D eigenvalue weighted by atomic mass is 10.1. The number of carbonyl (C=O) groups is 3. The van der Waals surface area contributed by atoms with Crippen LogP contribution in [-0.2, 0) is 22.8 Å². The van der Waals surface area contributed by atoms with Crippen molar-refractivity contribution in [1.29, 1.82) is 0 Å². The number of benzene rings is 4. The molecule has 1 N–H and O–H groups in total. The van der Waals surface area contributed by atoms with Gasteiger partial charge < -0.3 is 14.2 Å². The Bertz CT molecular complexity index is 1730. The second-order valence-corrected chi connectivity index (χ2v) is 11.4. The maximum Gasteiger partial charge on any atom is 0.335 e. The molecule has 0 radical (unpaired) electrons. The Morgan fingerprint density at radius 1 is 0.795 bits per heavy atom. The fourth-order valence-electron chi connectivity index (χ4n) is 4.63. The number of hydrogen-bond acceptors (Lipinski definition) is 6. The van der Waals surface area contributed by atoms with Crippen LogP contribution in [0.3, 0.4) is 0 Å². The molecule has 0 unspecified atom stereocenters. The molecule has 0 aromatic heterocycles. The highest BCUT2D eigenvalue weighted by Crippen LogP contribution is 2.36. The van der Waals surface area contributed by atoms with Gasteiger partial charge in [-0.2, -0.15) is 0 Å². The first-order valence-electron chi connectivity index (χ1n) is 14.1. The average molecular weight is 703 g/mol. The van der Waals surface area contributed by atoms with Crippen molar-refractivity contribution in [2.75, 3.05) is 11.5 Å². The summed E-state index contributed by atoms with van der Waals surface area (Å²) in [5.74, 6) is 0.115. The summed E-state index contributed by atoms with van der Waals surface area (Å²) in [5.41, 5.74) is 5.01. The van der Waals surface area contributed by atoms with Crippen LogP contribution in [0.1, 0.15) is 34.7 Å². The summed E-state index contributed by atoms with van der Waals surface area (Å²) in [5, 5.41) is 2.27. The second kappa shape index (κ2) is 13.8. The molecule has 8 nitrogen and oxygen atoms in total. The van der Waals surface area contributed by atoms with Crippen LogP contribution in [0.25, 0.3) is 6.08 Å². The molecule has 0 spiro atoms. The largest absolute Gasteiger partial charge is 0.490 e. The summed E-state index contributed by atoms with van der Waals surface area (Å²) in [4.78, 5) is 40.0. The maximum absolute atomic E-state index is 13.5. The third-order valence-electron chi connectivity index (χ3n) is 6.83. The molecule has 4 aromatic rings. The lowest BCUT2D eigenvalue weighted by Gasteiger charge is -2.26. The highest BCUT2D eigenvalue weighted by atomic mass is 127. The molecular weight excluding hydrogens is 671 g/mol. The molecule has 4 amide bonds. The zero-order valence-electron chi connectivity index (χ0n) is 24.6. The molecule has 224 valence electrons. The smallest absolute Gasteiger partial charge is 0.335 e. The zero-order valence-corrected chi connectivity index (χ0v) is 26.7. The fraction of sp³-hybridized carbons (Fsp3) is 0.171. The topological polar surface area (TPSA) is 94.2 Å². The van der Waals surface area contributed by atoms with E-state index in [0.29, 0.717) is 48.3 Å². The van der Waals surface area contributed by atoms with Gasteiger partial charge in [0, 0.05) is 0 Å². The number of amides is 4. The van der Waals surface area contributed by atoms with Crippen LogP contribution in [0.2, 0.25) is 0 Å². The molecule has 4 aromatic carbocycles. The van der Waals surface area contributed by atoms with Crippen molar-refractivity contribution in [2.24, 2.45) is 0 Å². The van der Waals surface area contributed by atoms with Crippen LogP contribution in [-0.4, -0.2) is 24.5 Å². The van der Waals surface area contributed by atoms with E-state index in [0.717, 1.165) is 25.2 Å². The molecule has 1 aliphatic heterocycles. The van der Waals surface area contributed by atoms with Crippen molar-refractivity contribution in [3.8, 4) is 17.2 Å². The van der Waals surface area contributed by atoms with Gasteiger partial charge in [-0.15, -0.1) is 0 Å². The van der Waals surface area contributed by atoms with E-state index >= 15 is 0 Å². The van der Waals surface area contributed by atoms with Crippen LogP contribution in [0, 0.1) is 17.4 Å². The van der Waals surface area contributed by atoms with Gasteiger partial charge in [0.25, 0.3) is 11.8 Å². The van der Waals surface area contributed by atoms with Crippen LogP contribution in [0.5, 0.6) is 17.2 Å². The van der Waals surface area contributed by atoms with Gasteiger partial charge in [0.2, 0.25) is 0 Å². The van der Waals surface area contributed by atoms with Gasteiger partial charge >= 0.3 is 6.03 Å². The average Bonchev–Trinajstić information content (AvgIpc) is 2.99.